The lowest BCUT2D eigenvalue weighted by atomic mass is 10.1. The second-order valence-electron chi connectivity index (χ2n) is 6.04. The van der Waals surface area contributed by atoms with Crippen LogP contribution in [-0.4, -0.2) is 44.7 Å². The summed E-state index contributed by atoms with van der Waals surface area (Å²) in [5, 5.41) is 5.05. The van der Waals surface area contributed by atoms with E-state index >= 15 is 0 Å². The molecule has 3 aromatic rings. The Hall–Kier alpha value is -2.96. The maximum atomic E-state index is 12.7. The Bertz CT molecular complexity index is 863. The fraction of sp³-hybridized carbons (Fsp3) is 0.333. The molecule has 25 heavy (non-hydrogen) atoms. The number of aromatic nitrogens is 4. The van der Waals surface area contributed by atoms with E-state index in [0.717, 1.165) is 22.2 Å². The summed E-state index contributed by atoms with van der Waals surface area (Å²) in [6, 6.07) is 7.76. The maximum Gasteiger partial charge on any atom is 0.227 e. The van der Waals surface area contributed by atoms with Crippen molar-refractivity contribution in [1.82, 2.24) is 24.6 Å². The molecule has 0 saturated carbocycles. The van der Waals surface area contributed by atoms with Gasteiger partial charge in [-0.25, -0.2) is 4.98 Å². The third-order valence-corrected chi connectivity index (χ3v) is 4.18. The van der Waals surface area contributed by atoms with Gasteiger partial charge < -0.3 is 9.64 Å². The van der Waals surface area contributed by atoms with Crippen LogP contribution in [0.3, 0.4) is 0 Å². The quantitative estimate of drug-likeness (QED) is 0.688. The van der Waals surface area contributed by atoms with Crippen molar-refractivity contribution >= 4 is 16.8 Å². The molecule has 0 aliphatic carbocycles. The minimum absolute atomic E-state index is 0.0587. The number of nitrogens with zero attached hydrogens (tertiary/aromatic N) is 5. The van der Waals surface area contributed by atoms with Gasteiger partial charge in [0, 0.05) is 25.2 Å². The maximum absolute atomic E-state index is 12.7. The van der Waals surface area contributed by atoms with E-state index in [4.69, 9.17) is 4.74 Å². The van der Waals surface area contributed by atoms with Crippen molar-refractivity contribution in [3.63, 3.8) is 0 Å². The molecule has 0 aliphatic heterocycles. The van der Waals surface area contributed by atoms with Gasteiger partial charge in [-0.3, -0.25) is 14.5 Å². The fourth-order valence-electron chi connectivity index (χ4n) is 2.90. The van der Waals surface area contributed by atoms with E-state index in [1.165, 1.54) is 6.33 Å². The highest BCUT2D eigenvalue weighted by molar-refractivity contribution is 5.88. The molecule has 130 valence electrons. The summed E-state index contributed by atoms with van der Waals surface area (Å²) < 4.78 is 7.04. The van der Waals surface area contributed by atoms with Crippen LogP contribution in [0.2, 0.25) is 0 Å². The van der Waals surface area contributed by atoms with Crippen molar-refractivity contribution < 1.29 is 9.53 Å². The lowest BCUT2D eigenvalue weighted by Crippen LogP contribution is -2.33. The number of benzene rings is 1. The van der Waals surface area contributed by atoms with Crippen molar-refractivity contribution in [2.24, 2.45) is 5.92 Å². The van der Waals surface area contributed by atoms with E-state index < -0.39 is 0 Å². The Balaban J connectivity index is 1.77. The van der Waals surface area contributed by atoms with Crippen LogP contribution in [0.15, 0.2) is 43.1 Å². The van der Waals surface area contributed by atoms with Crippen molar-refractivity contribution in [2.45, 2.75) is 20.0 Å². The molecule has 7 nitrogen and oxygen atoms in total. The fourth-order valence-corrected chi connectivity index (χ4v) is 2.90. The largest absolute Gasteiger partial charge is 0.494 e. The van der Waals surface area contributed by atoms with Gasteiger partial charge in [-0.1, -0.05) is 19.1 Å². The monoisotopic (exact) mass is 339 g/mol. The number of carbonyl (C=O) groups is 1. The van der Waals surface area contributed by atoms with Gasteiger partial charge in [0.2, 0.25) is 5.91 Å². The van der Waals surface area contributed by atoms with Gasteiger partial charge in [-0.15, -0.1) is 0 Å². The second kappa shape index (κ2) is 7.29. The molecule has 0 spiro atoms. The van der Waals surface area contributed by atoms with Gasteiger partial charge >= 0.3 is 0 Å². The third-order valence-electron chi connectivity index (χ3n) is 4.18. The smallest absolute Gasteiger partial charge is 0.227 e. The average molecular weight is 339 g/mol. The Kier molecular flexibility index (Phi) is 4.92. The summed E-state index contributed by atoms with van der Waals surface area (Å²) in [6.45, 7) is 2.91. The summed E-state index contributed by atoms with van der Waals surface area (Å²) in [4.78, 5) is 22.7. The minimum Gasteiger partial charge on any atom is -0.494 e. The molecule has 0 bridgehead atoms. The highest BCUT2D eigenvalue weighted by Gasteiger charge is 2.19. The summed E-state index contributed by atoms with van der Waals surface area (Å²) >= 11 is 0. The first-order valence-corrected chi connectivity index (χ1v) is 8.08. The second-order valence-corrected chi connectivity index (χ2v) is 6.04. The highest BCUT2D eigenvalue weighted by atomic mass is 16.5. The van der Waals surface area contributed by atoms with Crippen LogP contribution in [0.4, 0.5) is 0 Å². The lowest BCUT2D eigenvalue weighted by Gasteiger charge is -2.22. The molecule has 3 rings (SSSR count). The Morgan fingerprint density at radius 3 is 2.92 bits per heavy atom. The summed E-state index contributed by atoms with van der Waals surface area (Å²) in [5.74, 6) is 0.602. The average Bonchev–Trinajstić information content (AvgIpc) is 3.14. The SMILES string of the molecule is COc1ccc(CN(C)C(=O)C(C)Cn2cncn2)c2cccnc12. The van der Waals surface area contributed by atoms with Crippen molar-refractivity contribution in [1.29, 1.82) is 0 Å². The highest BCUT2D eigenvalue weighted by Crippen LogP contribution is 2.27. The Labute approximate surface area is 146 Å². The molecule has 1 unspecified atom stereocenters. The number of amides is 1. The van der Waals surface area contributed by atoms with Gasteiger partial charge in [0.15, 0.2) is 0 Å². The first-order valence-electron chi connectivity index (χ1n) is 8.08. The van der Waals surface area contributed by atoms with Crippen molar-refractivity contribution in [3.05, 3.63) is 48.7 Å². The van der Waals surface area contributed by atoms with Crippen LogP contribution in [0, 0.1) is 5.92 Å². The topological polar surface area (TPSA) is 73.1 Å². The van der Waals surface area contributed by atoms with Crippen LogP contribution < -0.4 is 4.74 Å². The van der Waals surface area contributed by atoms with Crippen LogP contribution in [-0.2, 0) is 17.9 Å². The standard InChI is InChI=1S/C18H21N5O2/c1-13(9-23-12-19-11-21-23)18(24)22(2)10-14-6-7-16(25-3)17-15(14)5-4-8-20-17/h4-8,11-13H,9-10H2,1-3H3. The lowest BCUT2D eigenvalue weighted by molar-refractivity contribution is -0.134. The van der Waals surface area contributed by atoms with E-state index in [1.54, 1.807) is 29.2 Å². The number of methoxy groups -OCH3 is 1. The molecular weight excluding hydrogens is 318 g/mol. The molecule has 0 saturated heterocycles. The third kappa shape index (κ3) is 3.60. The van der Waals surface area contributed by atoms with E-state index in [9.17, 15) is 4.79 Å². The number of hydrogen-bond acceptors (Lipinski definition) is 5. The molecular formula is C18H21N5O2. The van der Waals surface area contributed by atoms with E-state index in [1.807, 2.05) is 38.2 Å². The first kappa shape index (κ1) is 16.9. The predicted molar refractivity (Wildman–Crippen MR) is 94.0 cm³/mol. The Morgan fingerprint density at radius 2 is 2.20 bits per heavy atom. The minimum atomic E-state index is -0.186. The Morgan fingerprint density at radius 1 is 1.36 bits per heavy atom. The number of pyridine rings is 1. The molecule has 1 atom stereocenters. The molecule has 2 heterocycles. The number of hydrogen-bond donors (Lipinski definition) is 0. The number of carbonyl (C=O) groups excluding carboxylic acids is 1. The van der Waals surface area contributed by atoms with Gasteiger partial charge in [-0.2, -0.15) is 5.10 Å². The molecule has 1 amide bonds. The van der Waals surface area contributed by atoms with E-state index in [0.29, 0.717) is 13.1 Å². The molecule has 0 aliphatic rings. The van der Waals surface area contributed by atoms with E-state index in [2.05, 4.69) is 15.1 Å². The van der Waals surface area contributed by atoms with Gasteiger partial charge in [0.05, 0.1) is 19.6 Å². The van der Waals surface area contributed by atoms with Gasteiger partial charge in [-0.05, 0) is 17.7 Å². The first-order chi connectivity index (χ1) is 12.1. The zero-order valence-corrected chi connectivity index (χ0v) is 14.6. The molecule has 0 radical (unpaired) electrons. The van der Waals surface area contributed by atoms with Crippen molar-refractivity contribution in [3.8, 4) is 5.75 Å². The zero-order valence-electron chi connectivity index (χ0n) is 14.6. The normalized spacial score (nSPS) is 12.1. The zero-order chi connectivity index (χ0) is 17.8. The predicted octanol–water partition coefficient (Wildman–Crippen LogP) is 2.13. The van der Waals surface area contributed by atoms with Crippen LogP contribution >= 0.6 is 0 Å². The van der Waals surface area contributed by atoms with Crippen LogP contribution in [0.5, 0.6) is 5.75 Å². The molecule has 1 aromatic carbocycles. The van der Waals surface area contributed by atoms with Gasteiger partial charge in [0.25, 0.3) is 0 Å². The van der Waals surface area contributed by atoms with Gasteiger partial charge in [0.1, 0.15) is 23.9 Å². The van der Waals surface area contributed by atoms with Crippen LogP contribution in [0.1, 0.15) is 12.5 Å². The van der Waals surface area contributed by atoms with Crippen molar-refractivity contribution in [2.75, 3.05) is 14.2 Å². The summed E-state index contributed by atoms with van der Waals surface area (Å²) in [5.41, 5.74) is 1.84. The summed E-state index contributed by atoms with van der Waals surface area (Å²) in [7, 11) is 3.44. The molecule has 0 fully saturated rings. The molecule has 2 aromatic heterocycles. The number of fused-ring (bicyclic) bond motifs is 1. The number of rotatable bonds is 6. The van der Waals surface area contributed by atoms with Crippen LogP contribution in [0.25, 0.3) is 10.9 Å². The molecule has 0 N–H and O–H groups in total. The molecule has 7 heteroatoms. The van der Waals surface area contributed by atoms with E-state index in [-0.39, 0.29) is 11.8 Å². The summed E-state index contributed by atoms with van der Waals surface area (Å²) in [6.07, 6.45) is 4.83. The number of ether oxygens (including phenoxy) is 1.